The summed E-state index contributed by atoms with van der Waals surface area (Å²) in [5.74, 6) is 3.42. The van der Waals surface area contributed by atoms with E-state index in [1.165, 1.54) is 0 Å². The number of phenols is 1. The van der Waals surface area contributed by atoms with Gasteiger partial charge >= 0.3 is 0 Å². The first kappa shape index (κ1) is 15.3. The molecule has 0 bridgehead atoms. The molecule has 1 unspecified atom stereocenters. The average molecular weight is 313 g/mol. The van der Waals surface area contributed by atoms with Gasteiger partial charge in [-0.25, -0.2) is 0 Å². The second kappa shape index (κ2) is 6.29. The number of carbonyl (C=O) groups is 1. The van der Waals surface area contributed by atoms with Gasteiger partial charge in [0.25, 0.3) is 0 Å². The van der Waals surface area contributed by atoms with E-state index in [0.29, 0.717) is 38.2 Å². The maximum atomic E-state index is 12.1. The Morgan fingerprint density at radius 1 is 1.48 bits per heavy atom. The maximum Gasteiger partial charge on any atom is 0.220 e. The Bertz CT molecular complexity index is 672. The van der Waals surface area contributed by atoms with Crippen molar-refractivity contribution >= 4 is 5.91 Å². The van der Waals surface area contributed by atoms with E-state index in [1.54, 1.807) is 12.1 Å². The molecule has 0 fully saturated rings. The number of phenolic OH excluding ortho intramolecular Hbond substituents is 1. The molecule has 0 spiro atoms. The zero-order valence-electron chi connectivity index (χ0n) is 12.8. The number of terminal acetylenes is 1. The highest BCUT2D eigenvalue weighted by Gasteiger charge is 2.38. The molecule has 1 atom stereocenters. The zero-order chi connectivity index (χ0) is 16.3. The van der Waals surface area contributed by atoms with E-state index in [4.69, 9.17) is 11.2 Å². The summed E-state index contributed by atoms with van der Waals surface area (Å²) in [5, 5.41) is 20.4. The minimum Gasteiger partial charge on any atom is -0.508 e. The van der Waals surface area contributed by atoms with Gasteiger partial charge in [-0.1, -0.05) is 6.07 Å². The van der Waals surface area contributed by atoms with E-state index >= 15 is 0 Å². The summed E-state index contributed by atoms with van der Waals surface area (Å²) in [6.07, 6.45) is 7.69. The molecular formula is C17H19N3O3. The normalized spacial score (nSPS) is 19.5. The van der Waals surface area contributed by atoms with Crippen LogP contribution in [-0.4, -0.2) is 29.8 Å². The van der Waals surface area contributed by atoms with Crippen molar-refractivity contribution in [2.45, 2.75) is 37.3 Å². The Balaban J connectivity index is 1.44. The van der Waals surface area contributed by atoms with Gasteiger partial charge in [0.2, 0.25) is 5.91 Å². The molecule has 0 saturated carbocycles. The molecule has 0 aromatic heterocycles. The molecule has 2 aliphatic rings. The number of fused-ring (bicyclic) bond motifs is 1. The van der Waals surface area contributed by atoms with Crippen molar-refractivity contribution in [2.75, 3.05) is 13.2 Å². The van der Waals surface area contributed by atoms with E-state index in [-0.39, 0.29) is 23.2 Å². The van der Waals surface area contributed by atoms with E-state index in [9.17, 15) is 9.90 Å². The van der Waals surface area contributed by atoms with Crippen LogP contribution >= 0.6 is 0 Å². The first-order chi connectivity index (χ1) is 11.1. The lowest BCUT2D eigenvalue weighted by atomic mass is 9.97. The van der Waals surface area contributed by atoms with Crippen molar-refractivity contribution in [3.63, 3.8) is 0 Å². The largest absolute Gasteiger partial charge is 0.508 e. The van der Waals surface area contributed by atoms with Gasteiger partial charge in [0, 0.05) is 49.8 Å². The predicted molar refractivity (Wildman–Crippen MR) is 84.2 cm³/mol. The third-order valence-corrected chi connectivity index (χ3v) is 4.21. The first-order valence-corrected chi connectivity index (χ1v) is 7.72. The van der Waals surface area contributed by atoms with Crippen molar-refractivity contribution in [2.24, 2.45) is 10.2 Å². The maximum absolute atomic E-state index is 12.1. The van der Waals surface area contributed by atoms with E-state index in [0.717, 1.165) is 12.0 Å². The minimum atomic E-state index is -0.361. The average Bonchev–Trinajstić information content (AvgIpc) is 3.20. The van der Waals surface area contributed by atoms with Crippen LogP contribution in [-0.2, 0) is 4.79 Å². The highest BCUT2D eigenvalue weighted by Crippen LogP contribution is 2.38. The molecule has 6 nitrogen and oxygen atoms in total. The number of nitrogens with zero attached hydrogens (tertiary/aromatic N) is 2. The zero-order valence-corrected chi connectivity index (χ0v) is 12.8. The number of hydrogen-bond acceptors (Lipinski definition) is 5. The molecule has 2 N–H and O–H groups in total. The third-order valence-electron chi connectivity index (χ3n) is 4.21. The van der Waals surface area contributed by atoms with Crippen LogP contribution in [0.15, 0.2) is 28.4 Å². The van der Waals surface area contributed by atoms with Gasteiger partial charge in [-0.05, 0) is 6.07 Å². The summed E-state index contributed by atoms with van der Waals surface area (Å²) in [7, 11) is 0. The van der Waals surface area contributed by atoms with Crippen molar-refractivity contribution < 1.29 is 14.6 Å². The molecule has 23 heavy (non-hydrogen) atoms. The van der Waals surface area contributed by atoms with Crippen molar-refractivity contribution in [3.8, 4) is 23.8 Å². The predicted octanol–water partition coefficient (Wildman–Crippen LogP) is 2.34. The fraction of sp³-hybridized carbons (Fsp3) is 0.471. The van der Waals surface area contributed by atoms with Crippen LogP contribution in [0.1, 0.15) is 37.2 Å². The van der Waals surface area contributed by atoms with Gasteiger partial charge < -0.3 is 15.2 Å². The number of rotatable bonds is 7. The topological polar surface area (TPSA) is 83.3 Å². The second-order valence-corrected chi connectivity index (χ2v) is 5.92. The molecule has 0 radical (unpaired) electrons. The molecule has 0 aliphatic carbocycles. The number of carbonyl (C=O) groups excluding carboxylic acids is 1. The number of aromatic hydroxyl groups is 1. The van der Waals surface area contributed by atoms with E-state index in [2.05, 4.69) is 21.5 Å². The lowest BCUT2D eigenvalue weighted by molar-refractivity contribution is -0.121. The van der Waals surface area contributed by atoms with Crippen LogP contribution in [0, 0.1) is 12.3 Å². The molecule has 6 heteroatoms. The fourth-order valence-corrected chi connectivity index (χ4v) is 2.80. The second-order valence-electron chi connectivity index (χ2n) is 5.92. The molecule has 1 aromatic carbocycles. The summed E-state index contributed by atoms with van der Waals surface area (Å²) in [6.45, 7) is 0.995. The highest BCUT2D eigenvalue weighted by molar-refractivity contribution is 5.77. The molecule has 2 aliphatic heterocycles. The fourth-order valence-electron chi connectivity index (χ4n) is 2.80. The summed E-state index contributed by atoms with van der Waals surface area (Å²) >= 11 is 0. The Morgan fingerprint density at radius 2 is 2.30 bits per heavy atom. The Kier molecular flexibility index (Phi) is 4.20. The Labute approximate surface area is 134 Å². The molecule has 1 aromatic rings. The number of amides is 1. The molecule has 3 rings (SSSR count). The summed E-state index contributed by atoms with van der Waals surface area (Å²) in [6, 6.07) is 5.01. The van der Waals surface area contributed by atoms with Gasteiger partial charge in [0.1, 0.15) is 11.5 Å². The van der Waals surface area contributed by atoms with Gasteiger partial charge in [-0.3, -0.25) is 4.79 Å². The quantitative estimate of drug-likeness (QED) is 0.758. The lowest BCUT2D eigenvalue weighted by Crippen LogP contribution is -2.29. The standard InChI is InChI=1S/C17H19N3O3/c1-2-3-6-17(19-20-17)7-8-18-16(22)9-12-11-23-15-10-13(21)4-5-14(12)15/h1,4-5,10,12,21H,3,6-9,11H2,(H,18,22). The SMILES string of the molecule is C#CCCC1(CCNC(=O)CC2COc3cc(O)ccc32)N=N1. The first-order valence-electron chi connectivity index (χ1n) is 7.72. The summed E-state index contributed by atoms with van der Waals surface area (Å²) in [4.78, 5) is 12.1. The highest BCUT2D eigenvalue weighted by atomic mass is 16.5. The molecule has 1 amide bonds. The van der Waals surface area contributed by atoms with Crippen LogP contribution in [0.2, 0.25) is 0 Å². The number of ether oxygens (including phenoxy) is 1. The van der Waals surface area contributed by atoms with E-state index in [1.807, 2.05) is 6.07 Å². The van der Waals surface area contributed by atoms with Crippen LogP contribution in [0.5, 0.6) is 11.5 Å². The Morgan fingerprint density at radius 3 is 3.04 bits per heavy atom. The Hall–Kier alpha value is -2.55. The molecule has 120 valence electrons. The van der Waals surface area contributed by atoms with Gasteiger partial charge in [-0.15, -0.1) is 12.3 Å². The van der Waals surface area contributed by atoms with Crippen molar-refractivity contribution in [1.29, 1.82) is 0 Å². The van der Waals surface area contributed by atoms with Crippen molar-refractivity contribution in [3.05, 3.63) is 23.8 Å². The van der Waals surface area contributed by atoms with Crippen molar-refractivity contribution in [1.82, 2.24) is 5.32 Å². The minimum absolute atomic E-state index is 0.0210. The van der Waals surface area contributed by atoms with Crippen LogP contribution in [0.3, 0.4) is 0 Å². The van der Waals surface area contributed by atoms with Gasteiger partial charge in [0.15, 0.2) is 5.66 Å². The third kappa shape index (κ3) is 3.62. The molecule has 0 saturated heterocycles. The van der Waals surface area contributed by atoms with Crippen LogP contribution in [0.25, 0.3) is 0 Å². The number of hydrogen-bond donors (Lipinski definition) is 2. The number of benzene rings is 1. The van der Waals surface area contributed by atoms with Gasteiger partial charge in [-0.2, -0.15) is 10.2 Å². The summed E-state index contributed by atoms with van der Waals surface area (Å²) in [5.41, 5.74) is 0.607. The molecular weight excluding hydrogens is 294 g/mol. The van der Waals surface area contributed by atoms with E-state index < -0.39 is 0 Å². The van der Waals surface area contributed by atoms with Gasteiger partial charge in [0.05, 0.1) is 6.61 Å². The van der Waals surface area contributed by atoms with Crippen LogP contribution in [0.4, 0.5) is 0 Å². The van der Waals surface area contributed by atoms with Crippen LogP contribution < -0.4 is 10.1 Å². The smallest absolute Gasteiger partial charge is 0.220 e. The number of nitrogens with one attached hydrogen (secondary N) is 1. The monoisotopic (exact) mass is 313 g/mol. The molecule has 2 heterocycles. The summed E-state index contributed by atoms with van der Waals surface area (Å²) < 4.78 is 5.52. The lowest BCUT2D eigenvalue weighted by Gasteiger charge is -2.12.